The molecule has 0 aliphatic carbocycles. The van der Waals surface area contributed by atoms with Crippen LogP contribution in [0.5, 0.6) is 11.5 Å². The van der Waals surface area contributed by atoms with E-state index < -0.39 is 10.0 Å². The van der Waals surface area contributed by atoms with E-state index in [-0.39, 0.29) is 17.3 Å². The Hall–Kier alpha value is -2.25. The number of para-hydroxylation sites is 1. The van der Waals surface area contributed by atoms with Gasteiger partial charge in [0.2, 0.25) is 10.0 Å². The van der Waals surface area contributed by atoms with Crippen molar-refractivity contribution in [3.63, 3.8) is 0 Å². The van der Waals surface area contributed by atoms with Crippen LogP contribution < -0.4 is 10.5 Å². The number of benzene rings is 2. The van der Waals surface area contributed by atoms with Crippen LogP contribution in [0, 0.1) is 0 Å². The van der Waals surface area contributed by atoms with Crippen LogP contribution in [0.25, 0.3) is 0 Å². The van der Waals surface area contributed by atoms with E-state index in [0.717, 1.165) is 5.69 Å². The van der Waals surface area contributed by atoms with Crippen molar-refractivity contribution in [1.82, 2.24) is 0 Å². The molecule has 0 bridgehead atoms. The van der Waals surface area contributed by atoms with Crippen molar-refractivity contribution in [3.8, 4) is 11.5 Å². The van der Waals surface area contributed by atoms with Crippen LogP contribution in [-0.2, 0) is 22.3 Å². The van der Waals surface area contributed by atoms with Crippen molar-refractivity contribution >= 4 is 15.7 Å². The van der Waals surface area contributed by atoms with Crippen LogP contribution >= 0.6 is 0 Å². The van der Waals surface area contributed by atoms with E-state index in [1.807, 2.05) is 0 Å². The highest BCUT2D eigenvalue weighted by Gasteiger charge is 2.06. The molecular weight excluding hydrogens is 292 g/mol. The van der Waals surface area contributed by atoms with E-state index in [0.29, 0.717) is 17.7 Å². The number of nitrogens with two attached hydrogens (primary N) is 1. The summed E-state index contributed by atoms with van der Waals surface area (Å²) < 4.78 is 22.0. The minimum Gasteiger partial charge on any atom is -0.504 e. The summed E-state index contributed by atoms with van der Waals surface area (Å²) in [4.78, 5) is 0. The molecule has 0 saturated heterocycles. The van der Waals surface area contributed by atoms with Gasteiger partial charge in [-0.1, -0.05) is 24.3 Å². The number of anilines is 1. The summed E-state index contributed by atoms with van der Waals surface area (Å²) >= 11 is 0. The Kier molecular flexibility index (Phi) is 4.35. The maximum Gasteiger partial charge on any atom is 0.213 e. The van der Waals surface area contributed by atoms with Gasteiger partial charge in [-0.3, -0.25) is 0 Å². The number of nitrogens with one attached hydrogen (secondary N) is 1. The standard InChI is InChI=1S/C14H16N2O4S/c15-21(19,20)9-10-4-6-12(7-5-10)16-8-11-2-1-3-13(17)14(11)18/h1-7,16-18H,8-9H2,(H2,15,19,20). The topological polar surface area (TPSA) is 113 Å². The molecule has 0 spiro atoms. The molecule has 2 aromatic rings. The first-order valence-corrected chi connectivity index (χ1v) is 7.90. The normalized spacial score (nSPS) is 11.3. The number of hydrogen-bond acceptors (Lipinski definition) is 5. The van der Waals surface area contributed by atoms with Gasteiger partial charge in [0, 0.05) is 17.8 Å². The second-order valence-corrected chi connectivity index (χ2v) is 6.26. The third-order valence-corrected chi connectivity index (χ3v) is 3.64. The third-order valence-electron chi connectivity index (χ3n) is 2.90. The van der Waals surface area contributed by atoms with Crippen molar-refractivity contribution < 1.29 is 18.6 Å². The number of phenols is 2. The molecule has 21 heavy (non-hydrogen) atoms. The molecule has 0 atom stereocenters. The summed E-state index contributed by atoms with van der Waals surface area (Å²) in [6.45, 7) is 0.328. The lowest BCUT2D eigenvalue weighted by Crippen LogP contribution is -2.14. The van der Waals surface area contributed by atoms with E-state index >= 15 is 0 Å². The van der Waals surface area contributed by atoms with Crippen molar-refractivity contribution in [2.24, 2.45) is 5.14 Å². The lowest BCUT2D eigenvalue weighted by Gasteiger charge is -2.09. The quantitative estimate of drug-likeness (QED) is 0.625. The van der Waals surface area contributed by atoms with Gasteiger partial charge in [-0.15, -0.1) is 0 Å². The van der Waals surface area contributed by atoms with Crippen LogP contribution in [0.4, 0.5) is 5.69 Å². The van der Waals surface area contributed by atoms with Gasteiger partial charge in [-0.05, 0) is 23.8 Å². The van der Waals surface area contributed by atoms with Gasteiger partial charge >= 0.3 is 0 Å². The van der Waals surface area contributed by atoms with Crippen molar-refractivity contribution in [3.05, 3.63) is 53.6 Å². The number of primary sulfonamides is 1. The number of sulfonamides is 1. The second kappa shape index (κ2) is 6.02. The molecule has 0 aliphatic rings. The zero-order valence-corrected chi connectivity index (χ0v) is 12.0. The zero-order valence-electron chi connectivity index (χ0n) is 11.2. The van der Waals surface area contributed by atoms with Gasteiger partial charge in [0.1, 0.15) is 0 Å². The highest BCUT2D eigenvalue weighted by atomic mass is 32.2. The summed E-state index contributed by atoms with van der Waals surface area (Å²) in [6.07, 6.45) is 0. The third kappa shape index (κ3) is 4.37. The van der Waals surface area contributed by atoms with Gasteiger partial charge in [0.25, 0.3) is 0 Å². The van der Waals surface area contributed by atoms with Gasteiger partial charge in [-0.25, -0.2) is 13.6 Å². The summed E-state index contributed by atoms with van der Waals surface area (Å²) in [5.74, 6) is -0.533. The predicted molar refractivity (Wildman–Crippen MR) is 80.4 cm³/mol. The molecule has 0 aromatic heterocycles. The first kappa shape index (κ1) is 15.1. The number of phenolic OH excluding ortho intramolecular Hbond substituents is 2. The Morgan fingerprint density at radius 1 is 1.05 bits per heavy atom. The van der Waals surface area contributed by atoms with Crippen LogP contribution in [0.15, 0.2) is 42.5 Å². The Labute approximate surface area is 122 Å². The van der Waals surface area contributed by atoms with Gasteiger partial charge in [-0.2, -0.15) is 0 Å². The van der Waals surface area contributed by atoms with E-state index in [4.69, 9.17) is 5.14 Å². The molecule has 5 N–H and O–H groups in total. The summed E-state index contributed by atoms with van der Waals surface area (Å²) in [5, 5.41) is 27.1. The maximum absolute atomic E-state index is 11.0. The van der Waals surface area contributed by atoms with Gasteiger partial charge < -0.3 is 15.5 Å². The smallest absolute Gasteiger partial charge is 0.213 e. The summed E-state index contributed by atoms with van der Waals surface area (Å²) in [5.41, 5.74) is 1.92. The Balaban J connectivity index is 2.02. The average molecular weight is 308 g/mol. The average Bonchev–Trinajstić information content (AvgIpc) is 2.40. The largest absolute Gasteiger partial charge is 0.504 e. The monoisotopic (exact) mass is 308 g/mol. The van der Waals surface area contributed by atoms with E-state index in [2.05, 4.69) is 5.32 Å². The molecule has 7 heteroatoms. The molecule has 0 saturated carbocycles. The fourth-order valence-electron chi connectivity index (χ4n) is 1.87. The molecule has 0 amide bonds. The summed E-state index contributed by atoms with van der Waals surface area (Å²) in [7, 11) is -3.54. The number of rotatable bonds is 5. The van der Waals surface area contributed by atoms with Crippen molar-refractivity contribution in [2.45, 2.75) is 12.3 Å². The minimum absolute atomic E-state index is 0.157. The second-order valence-electron chi connectivity index (χ2n) is 4.64. The van der Waals surface area contributed by atoms with E-state index in [1.165, 1.54) is 6.07 Å². The number of hydrogen-bond donors (Lipinski definition) is 4. The molecule has 0 fully saturated rings. The zero-order chi connectivity index (χ0) is 15.5. The van der Waals surface area contributed by atoms with Gasteiger partial charge in [0.05, 0.1) is 5.75 Å². The molecule has 0 unspecified atom stereocenters. The van der Waals surface area contributed by atoms with Crippen LogP contribution in [-0.4, -0.2) is 18.6 Å². The van der Waals surface area contributed by atoms with Crippen molar-refractivity contribution in [1.29, 1.82) is 0 Å². The highest BCUT2D eigenvalue weighted by Crippen LogP contribution is 2.28. The molecule has 6 nitrogen and oxygen atoms in total. The lowest BCUT2D eigenvalue weighted by molar-refractivity contribution is 0.400. The molecule has 0 radical (unpaired) electrons. The van der Waals surface area contributed by atoms with E-state index in [9.17, 15) is 18.6 Å². The fraction of sp³-hybridized carbons (Fsp3) is 0.143. The Bertz CT molecular complexity index is 727. The minimum atomic E-state index is -3.54. The summed E-state index contributed by atoms with van der Waals surface area (Å²) in [6, 6.07) is 11.5. The SMILES string of the molecule is NS(=O)(=O)Cc1ccc(NCc2cccc(O)c2O)cc1. The van der Waals surface area contributed by atoms with Crippen LogP contribution in [0.2, 0.25) is 0 Å². The van der Waals surface area contributed by atoms with Crippen molar-refractivity contribution in [2.75, 3.05) is 5.32 Å². The first-order chi connectivity index (χ1) is 9.85. The van der Waals surface area contributed by atoms with Gasteiger partial charge in [0.15, 0.2) is 11.5 Å². The molecule has 112 valence electrons. The molecule has 2 rings (SSSR count). The molecule has 0 heterocycles. The Morgan fingerprint density at radius 2 is 1.71 bits per heavy atom. The maximum atomic E-state index is 11.0. The molecule has 2 aromatic carbocycles. The fourth-order valence-corrected chi connectivity index (χ4v) is 2.53. The first-order valence-electron chi connectivity index (χ1n) is 6.18. The van der Waals surface area contributed by atoms with Crippen LogP contribution in [0.1, 0.15) is 11.1 Å². The lowest BCUT2D eigenvalue weighted by atomic mass is 10.1. The highest BCUT2D eigenvalue weighted by molar-refractivity contribution is 7.88. The van der Waals surface area contributed by atoms with Crippen LogP contribution in [0.3, 0.4) is 0 Å². The number of aromatic hydroxyl groups is 2. The molecular formula is C14H16N2O4S. The predicted octanol–water partition coefficient (Wildman–Crippen LogP) is 1.50. The molecule has 0 aliphatic heterocycles. The van der Waals surface area contributed by atoms with E-state index in [1.54, 1.807) is 36.4 Å². The Morgan fingerprint density at radius 3 is 2.33 bits per heavy atom.